The van der Waals surface area contributed by atoms with Gasteiger partial charge in [0.2, 0.25) is 0 Å². The van der Waals surface area contributed by atoms with Gasteiger partial charge in [-0.25, -0.2) is 9.82 Å². The molecule has 74 valence electrons. The number of hydrogen-bond acceptors (Lipinski definition) is 5. The quantitative estimate of drug-likeness (QED) is 0.124. The SMILES string of the molecule is O=P(O)(O)OO.O=S(=O)(O)O.[H-].[H-].[Mg+2]. The number of rotatable bonds is 1. The average Bonchev–Trinajstić information content (AvgIpc) is 1.59. The molecule has 0 radical (unpaired) electrons. The Labute approximate surface area is 86.2 Å². The van der Waals surface area contributed by atoms with Gasteiger partial charge < -0.3 is 12.6 Å². The van der Waals surface area contributed by atoms with Crippen molar-refractivity contribution in [1.29, 1.82) is 0 Å². The first-order valence-corrected chi connectivity index (χ1v) is 4.57. The van der Waals surface area contributed by atoms with Crippen molar-refractivity contribution < 1.29 is 44.7 Å². The Hall–Kier alpha value is 0.706. The van der Waals surface area contributed by atoms with Gasteiger partial charge in [-0.15, -0.1) is 4.67 Å². The molecule has 0 spiro atoms. The Balaban J connectivity index is -0.0000000321. The predicted octanol–water partition coefficient (Wildman–Crippen LogP) is -1.24. The summed E-state index contributed by atoms with van der Waals surface area (Å²) in [6.45, 7) is 0. The maximum Gasteiger partial charge on any atom is 2.00 e. The molecule has 0 aliphatic rings. The Bertz CT molecular complexity index is 221. The van der Waals surface area contributed by atoms with Gasteiger partial charge in [0.15, 0.2) is 0 Å². The van der Waals surface area contributed by atoms with Gasteiger partial charge in [-0.2, -0.15) is 8.42 Å². The van der Waals surface area contributed by atoms with Gasteiger partial charge in [0.05, 0.1) is 0 Å². The molecule has 0 rings (SSSR count). The molecule has 0 bridgehead atoms. The van der Waals surface area contributed by atoms with Crippen LogP contribution in [-0.4, -0.2) is 55.6 Å². The third kappa shape index (κ3) is 73.4. The second kappa shape index (κ2) is 7.14. The normalized spacial score (nSPS) is 10.8. The van der Waals surface area contributed by atoms with Gasteiger partial charge in [0.1, 0.15) is 0 Å². The van der Waals surface area contributed by atoms with E-state index in [9.17, 15) is 4.57 Å². The van der Waals surface area contributed by atoms with Crippen molar-refractivity contribution in [1.82, 2.24) is 0 Å². The first kappa shape index (κ1) is 18.5. The van der Waals surface area contributed by atoms with Crippen LogP contribution in [0.4, 0.5) is 0 Å². The fourth-order valence-electron chi connectivity index (χ4n) is 0. The van der Waals surface area contributed by atoms with Crippen molar-refractivity contribution in [3.63, 3.8) is 0 Å². The molecular weight excluding hydrogens is 231 g/mol. The van der Waals surface area contributed by atoms with Gasteiger partial charge in [-0.1, -0.05) is 0 Å². The summed E-state index contributed by atoms with van der Waals surface area (Å²) in [5.41, 5.74) is 0. The molecular formula is H7MgO9PS. The molecule has 0 atom stereocenters. The zero-order valence-electron chi connectivity index (χ0n) is 7.43. The van der Waals surface area contributed by atoms with Crippen LogP contribution in [0.5, 0.6) is 0 Å². The van der Waals surface area contributed by atoms with E-state index >= 15 is 0 Å². The summed E-state index contributed by atoms with van der Waals surface area (Å²) in [7, 11) is -9.26. The Kier molecular flexibility index (Phi) is 11.0. The van der Waals surface area contributed by atoms with E-state index in [1.165, 1.54) is 0 Å². The van der Waals surface area contributed by atoms with Crippen molar-refractivity contribution in [2.75, 3.05) is 0 Å². The molecule has 5 N–H and O–H groups in total. The van der Waals surface area contributed by atoms with Crippen molar-refractivity contribution in [3.05, 3.63) is 0 Å². The van der Waals surface area contributed by atoms with Gasteiger partial charge >= 0.3 is 41.3 Å². The van der Waals surface area contributed by atoms with E-state index in [1.807, 2.05) is 0 Å². The minimum absolute atomic E-state index is 0. The Morgan fingerprint density at radius 1 is 1.25 bits per heavy atom. The minimum Gasteiger partial charge on any atom is -1.00 e. The smallest absolute Gasteiger partial charge is 1.00 e. The van der Waals surface area contributed by atoms with Crippen molar-refractivity contribution in [2.45, 2.75) is 0 Å². The van der Waals surface area contributed by atoms with E-state index in [4.69, 9.17) is 32.6 Å². The zero-order chi connectivity index (χ0) is 9.71. The van der Waals surface area contributed by atoms with Crippen LogP contribution in [0.3, 0.4) is 0 Å². The molecule has 0 fully saturated rings. The van der Waals surface area contributed by atoms with E-state index in [2.05, 4.69) is 4.67 Å². The first-order valence-electron chi connectivity index (χ1n) is 1.65. The molecule has 12 heteroatoms. The predicted molar refractivity (Wildman–Crippen MR) is 37.9 cm³/mol. The summed E-state index contributed by atoms with van der Waals surface area (Å²) in [4.78, 5) is 14.9. The van der Waals surface area contributed by atoms with Crippen LogP contribution in [-0.2, 0) is 19.6 Å². The zero-order valence-corrected chi connectivity index (χ0v) is 8.56. The molecule has 0 saturated heterocycles. The molecule has 0 amide bonds. The van der Waals surface area contributed by atoms with Gasteiger partial charge in [0.25, 0.3) is 0 Å². The van der Waals surface area contributed by atoms with Crippen LogP contribution in [0.15, 0.2) is 0 Å². The maximum absolute atomic E-state index is 9.22. The van der Waals surface area contributed by atoms with Gasteiger partial charge in [-0.05, 0) is 0 Å². The fraction of sp³-hybridized carbons (Fsp3) is 0. The molecule has 0 unspecified atom stereocenters. The first-order chi connectivity index (χ1) is 4.56. The molecule has 0 aliphatic carbocycles. The molecule has 0 aromatic carbocycles. The second-order valence-electron chi connectivity index (χ2n) is 1.02. The van der Waals surface area contributed by atoms with Gasteiger partial charge in [-0.3, -0.25) is 9.11 Å². The average molecular weight is 238 g/mol. The molecule has 12 heavy (non-hydrogen) atoms. The van der Waals surface area contributed by atoms with E-state index in [0.29, 0.717) is 0 Å². The Morgan fingerprint density at radius 2 is 1.33 bits per heavy atom. The minimum atomic E-state index is -4.67. The van der Waals surface area contributed by atoms with Crippen LogP contribution >= 0.6 is 7.82 Å². The fourth-order valence-corrected chi connectivity index (χ4v) is 0. The molecule has 0 heterocycles. The van der Waals surface area contributed by atoms with E-state index < -0.39 is 18.2 Å². The molecule has 9 nitrogen and oxygen atoms in total. The molecule has 0 aliphatic heterocycles. The van der Waals surface area contributed by atoms with Crippen LogP contribution in [0, 0.1) is 0 Å². The number of phosphoric acid groups is 1. The summed E-state index contributed by atoms with van der Waals surface area (Å²) in [6.07, 6.45) is 0. The summed E-state index contributed by atoms with van der Waals surface area (Å²) >= 11 is 0. The van der Waals surface area contributed by atoms with Crippen LogP contribution in [0.2, 0.25) is 0 Å². The van der Waals surface area contributed by atoms with E-state index in [1.54, 1.807) is 0 Å². The molecule has 0 aromatic rings. The van der Waals surface area contributed by atoms with Crippen molar-refractivity contribution in [3.8, 4) is 0 Å². The summed E-state index contributed by atoms with van der Waals surface area (Å²) < 4.78 is 43.4. The van der Waals surface area contributed by atoms with Crippen LogP contribution < -0.4 is 0 Å². The van der Waals surface area contributed by atoms with E-state index in [0.717, 1.165) is 0 Å². The van der Waals surface area contributed by atoms with Crippen molar-refractivity contribution >= 4 is 41.3 Å². The third-order valence-electron chi connectivity index (χ3n) is 0.106. The van der Waals surface area contributed by atoms with Gasteiger partial charge in [0, 0.05) is 0 Å². The largest absolute Gasteiger partial charge is 2.00 e. The van der Waals surface area contributed by atoms with Crippen LogP contribution in [0.1, 0.15) is 2.85 Å². The summed E-state index contributed by atoms with van der Waals surface area (Å²) in [5, 5.41) is 7.14. The summed E-state index contributed by atoms with van der Waals surface area (Å²) in [6, 6.07) is 0. The van der Waals surface area contributed by atoms with Crippen molar-refractivity contribution in [2.24, 2.45) is 0 Å². The van der Waals surface area contributed by atoms with Crippen LogP contribution in [0.25, 0.3) is 0 Å². The molecule has 0 saturated carbocycles. The number of hydrogen-bond donors (Lipinski definition) is 5. The van der Waals surface area contributed by atoms with E-state index in [-0.39, 0.29) is 25.9 Å². The standard InChI is InChI=1S/Mg.H3O5P.H2O4S.2H/c;1-5-6(2,3)4;1-5(2,3)4;;/h;1H,(H2,2,3,4);(H2,1,2,3,4);;/q+2;;;2*-1. The monoisotopic (exact) mass is 238 g/mol. The topological polar surface area (TPSA) is 162 Å². The Morgan fingerprint density at radius 3 is 1.33 bits per heavy atom. The molecule has 0 aromatic heterocycles. The summed E-state index contributed by atoms with van der Waals surface area (Å²) in [5.74, 6) is 0. The second-order valence-corrected chi connectivity index (χ2v) is 3.06. The maximum atomic E-state index is 9.22. The third-order valence-corrected chi connectivity index (χ3v) is 0.319.